The Hall–Kier alpha value is -2.24. The maximum atomic E-state index is 10.9. The van der Waals surface area contributed by atoms with Crippen molar-refractivity contribution in [1.29, 1.82) is 0 Å². The standard InChI is InChI=1S/C10H10N4O2/c1-6-5-12-8(13-7(6)10(15)16)9-11-3-4-14(9)2/h3-5H,1-2H3,(H,15,16). The molecule has 16 heavy (non-hydrogen) atoms. The lowest BCUT2D eigenvalue weighted by molar-refractivity contribution is 0.0689. The summed E-state index contributed by atoms with van der Waals surface area (Å²) in [7, 11) is 1.80. The SMILES string of the molecule is Cc1cnc(-c2nccn2C)nc1C(=O)O. The number of aromatic nitrogens is 4. The summed E-state index contributed by atoms with van der Waals surface area (Å²) >= 11 is 0. The van der Waals surface area contributed by atoms with Crippen LogP contribution < -0.4 is 0 Å². The molecule has 0 atom stereocenters. The van der Waals surface area contributed by atoms with E-state index >= 15 is 0 Å². The van der Waals surface area contributed by atoms with Gasteiger partial charge in [-0.15, -0.1) is 0 Å². The fourth-order valence-electron chi connectivity index (χ4n) is 1.35. The molecule has 0 aliphatic rings. The van der Waals surface area contributed by atoms with Crippen molar-refractivity contribution in [2.75, 3.05) is 0 Å². The van der Waals surface area contributed by atoms with Gasteiger partial charge in [-0.3, -0.25) is 0 Å². The van der Waals surface area contributed by atoms with Crippen LogP contribution in [0.25, 0.3) is 11.6 Å². The molecule has 0 radical (unpaired) electrons. The molecule has 82 valence electrons. The number of carboxylic acids is 1. The van der Waals surface area contributed by atoms with Crippen molar-refractivity contribution in [3.05, 3.63) is 29.8 Å². The minimum absolute atomic E-state index is 0.00741. The number of aryl methyl sites for hydroxylation is 2. The number of nitrogens with zero attached hydrogens (tertiary/aromatic N) is 4. The Morgan fingerprint density at radius 3 is 2.75 bits per heavy atom. The first-order valence-electron chi connectivity index (χ1n) is 4.64. The Kier molecular flexibility index (Phi) is 2.40. The van der Waals surface area contributed by atoms with Crippen LogP contribution in [0.15, 0.2) is 18.6 Å². The summed E-state index contributed by atoms with van der Waals surface area (Å²) < 4.78 is 1.73. The second-order valence-electron chi connectivity index (χ2n) is 3.39. The Labute approximate surface area is 91.6 Å². The largest absolute Gasteiger partial charge is 0.477 e. The molecule has 2 aromatic rings. The van der Waals surface area contributed by atoms with Crippen LogP contribution >= 0.6 is 0 Å². The zero-order chi connectivity index (χ0) is 11.7. The van der Waals surface area contributed by atoms with Crippen LogP contribution in [0.4, 0.5) is 0 Å². The molecule has 0 aliphatic carbocycles. The van der Waals surface area contributed by atoms with Gasteiger partial charge < -0.3 is 9.67 Å². The van der Waals surface area contributed by atoms with Gasteiger partial charge in [0.15, 0.2) is 17.3 Å². The summed E-state index contributed by atoms with van der Waals surface area (Å²) in [6.45, 7) is 1.66. The highest BCUT2D eigenvalue weighted by Gasteiger charge is 2.13. The van der Waals surface area contributed by atoms with E-state index < -0.39 is 5.97 Å². The number of aromatic carboxylic acids is 1. The van der Waals surface area contributed by atoms with E-state index in [0.29, 0.717) is 17.2 Å². The van der Waals surface area contributed by atoms with Gasteiger partial charge in [-0.25, -0.2) is 19.7 Å². The van der Waals surface area contributed by atoms with E-state index in [0.717, 1.165) is 0 Å². The minimum atomic E-state index is -1.06. The topological polar surface area (TPSA) is 80.9 Å². The number of imidazole rings is 1. The normalized spacial score (nSPS) is 10.4. The van der Waals surface area contributed by atoms with Crippen LogP contribution in [0.1, 0.15) is 16.1 Å². The highest BCUT2D eigenvalue weighted by Crippen LogP contribution is 2.13. The molecule has 2 rings (SSSR count). The first-order chi connectivity index (χ1) is 7.59. The maximum Gasteiger partial charge on any atom is 0.354 e. The van der Waals surface area contributed by atoms with Crippen molar-refractivity contribution < 1.29 is 9.90 Å². The van der Waals surface area contributed by atoms with Gasteiger partial charge in [-0.2, -0.15) is 0 Å². The third-order valence-corrected chi connectivity index (χ3v) is 2.20. The van der Waals surface area contributed by atoms with Gasteiger partial charge in [0.25, 0.3) is 0 Å². The predicted molar refractivity (Wildman–Crippen MR) is 55.9 cm³/mol. The molecular formula is C10H10N4O2. The molecule has 6 nitrogen and oxygen atoms in total. The second-order valence-corrected chi connectivity index (χ2v) is 3.39. The van der Waals surface area contributed by atoms with E-state index in [4.69, 9.17) is 5.11 Å². The number of carbonyl (C=O) groups is 1. The van der Waals surface area contributed by atoms with Gasteiger partial charge in [0.2, 0.25) is 0 Å². The molecule has 0 fully saturated rings. The monoisotopic (exact) mass is 218 g/mol. The Bertz CT molecular complexity index is 548. The lowest BCUT2D eigenvalue weighted by atomic mass is 10.2. The summed E-state index contributed by atoms with van der Waals surface area (Å²) in [5.41, 5.74) is 0.540. The average Bonchev–Trinajstić information content (AvgIpc) is 2.65. The summed E-state index contributed by atoms with van der Waals surface area (Å²) in [5.74, 6) is -0.201. The van der Waals surface area contributed by atoms with E-state index in [1.54, 1.807) is 30.9 Å². The quantitative estimate of drug-likeness (QED) is 0.809. The molecule has 6 heteroatoms. The molecule has 0 bridgehead atoms. The molecule has 0 aromatic carbocycles. The molecule has 0 amide bonds. The highest BCUT2D eigenvalue weighted by molar-refractivity contribution is 5.87. The molecule has 2 aromatic heterocycles. The van der Waals surface area contributed by atoms with E-state index in [9.17, 15) is 4.79 Å². The number of hydrogen-bond donors (Lipinski definition) is 1. The Morgan fingerprint density at radius 2 is 2.19 bits per heavy atom. The summed E-state index contributed by atoms with van der Waals surface area (Å²) in [5, 5.41) is 8.94. The lowest BCUT2D eigenvalue weighted by Gasteiger charge is -2.03. The van der Waals surface area contributed by atoms with E-state index in [1.165, 1.54) is 6.20 Å². The summed E-state index contributed by atoms with van der Waals surface area (Å²) in [6.07, 6.45) is 4.85. The van der Waals surface area contributed by atoms with Gasteiger partial charge in [0.05, 0.1) is 0 Å². The van der Waals surface area contributed by atoms with Gasteiger partial charge in [0.1, 0.15) is 0 Å². The number of carboxylic acid groups (broad SMARTS) is 1. The Balaban J connectivity index is 2.56. The highest BCUT2D eigenvalue weighted by atomic mass is 16.4. The van der Waals surface area contributed by atoms with Gasteiger partial charge in [-0.1, -0.05) is 0 Å². The van der Waals surface area contributed by atoms with Crippen molar-refractivity contribution >= 4 is 5.97 Å². The first kappa shape index (κ1) is 10.3. The molecule has 1 N–H and O–H groups in total. The van der Waals surface area contributed by atoms with Crippen molar-refractivity contribution in [2.24, 2.45) is 7.05 Å². The van der Waals surface area contributed by atoms with Crippen molar-refractivity contribution in [3.8, 4) is 11.6 Å². The van der Waals surface area contributed by atoms with Crippen LogP contribution in [0.3, 0.4) is 0 Å². The van der Waals surface area contributed by atoms with Crippen molar-refractivity contribution in [2.45, 2.75) is 6.92 Å². The summed E-state index contributed by atoms with van der Waals surface area (Å²) in [6, 6.07) is 0. The maximum absolute atomic E-state index is 10.9. The van der Waals surface area contributed by atoms with Crippen LogP contribution in [-0.4, -0.2) is 30.6 Å². The average molecular weight is 218 g/mol. The molecule has 0 saturated heterocycles. The molecule has 0 unspecified atom stereocenters. The third kappa shape index (κ3) is 1.65. The van der Waals surface area contributed by atoms with E-state index in [1.807, 2.05) is 0 Å². The van der Waals surface area contributed by atoms with Crippen LogP contribution in [0.2, 0.25) is 0 Å². The van der Waals surface area contributed by atoms with E-state index in [2.05, 4.69) is 15.0 Å². The smallest absolute Gasteiger partial charge is 0.354 e. The van der Waals surface area contributed by atoms with E-state index in [-0.39, 0.29) is 5.69 Å². The number of rotatable bonds is 2. The predicted octanol–water partition coefficient (Wildman–Crippen LogP) is 0.884. The second kappa shape index (κ2) is 3.73. The lowest BCUT2D eigenvalue weighted by Crippen LogP contribution is -2.07. The van der Waals surface area contributed by atoms with Gasteiger partial charge in [-0.05, 0) is 6.92 Å². The van der Waals surface area contributed by atoms with Gasteiger partial charge in [0, 0.05) is 31.2 Å². The van der Waals surface area contributed by atoms with Crippen molar-refractivity contribution in [3.63, 3.8) is 0 Å². The van der Waals surface area contributed by atoms with Crippen LogP contribution in [-0.2, 0) is 7.05 Å². The Morgan fingerprint density at radius 1 is 1.44 bits per heavy atom. The number of hydrogen-bond acceptors (Lipinski definition) is 4. The summed E-state index contributed by atoms with van der Waals surface area (Å²) in [4.78, 5) is 23.0. The van der Waals surface area contributed by atoms with Gasteiger partial charge >= 0.3 is 5.97 Å². The zero-order valence-corrected chi connectivity index (χ0v) is 8.88. The first-order valence-corrected chi connectivity index (χ1v) is 4.64. The van der Waals surface area contributed by atoms with Crippen LogP contribution in [0, 0.1) is 6.92 Å². The molecule has 0 saturated carbocycles. The van der Waals surface area contributed by atoms with Crippen LogP contribution in [0.5, 0.6) is 0 Å². The fourth-order valence-corrected chi connectivity index (χ4v) is 1.35. The minimum Gasteiger partial charge on any atom is -0.477 e. The molecule has 0 spiro atoms. The molecule has 0 aliphatic heterocycles. The fraction of sp³-hybridized carbons (Fsp3) is 0.200. The van der Waals surface area contributed by atoms with Crippen molar-refractivity contribution in [1.82, 2.24) is 19.5 Å². The molecule has 2 heterocycles. The third-order valence-electron chi connectivity index (χ3n) is 2.20. The molecular weight excluding hydrogens is 208 g/mol. The zero-order valence-electron chi connectivity index (χ0n) is 8.88.